The van der Waals surface area contributed by atoms with E-state index in [1.54, 1.807) is 0 Å². The summed E-state index contributed by atoms with van der Waals surface area (Å²) < 4.78 is 8.55. The lowest BCUT2D eigenvalue weighted by atomic mass is 9.85. The van der Waals surface area contributed by atoms with E-state index < -0.39 is 0 Å². The fourth-order valence-electron chi connectivity index (χ4n) is 3.28. The average Bonchev–Trinajstić information content (AvgIpc) is 2.50. The number of rotatable bonds is 5. The van der Waals surface area contributed by atoms with Crippen LogP contribution in [-0.4, -0.2) is 48.1 Å². The second kappa shape index (κ2) is 9.23. The molecule has 0 radical (unpaired) electrons. The third-order valence-corrected chi connectivity index (χ3v) is 4.58. The summed E-state index contributed by atoms with van der Waals surface area (Å²) in [6.07, 6.45) is 7.18. The normalized spacial score (nSPS) is 25.9. The van der Waals surface area contributed by atoms with E-state index in [1.165, 1.54) is 6.21 Å². The zero-order valence-corrected chi connectivity index (χ0v) is 17.1. The number of carbonyl (C=O) groups excluding carboxylic acids is 1. The molecule has 3 saturated heterocycles. The maximum atomic E-state index is 11.9. The molecule has 1 aromatic heterocycles. The summed E-state index contributed by atoms with van der Waals surface area (Å²) in [6.45, 7) is 3.83. The minimum Gasteiger partial charge on any atom is -1.00 e. The van der Waals surface area contributed by atoms with Crippen LogP contribution in [0, 0.1) is 5.92 Å². The molecule has 128 valence electrons. The lowest BCUT2D eigenvalue weighted by Crippen LogP contribution is -3.00. The summed E-state index contributed by atoms with van der Waals surface area (Å²) in [6, 6.07) is 3.71. The number of Topliss-reactive ketones (excluding diaryl/α,β-unsaturated/α-hetero) is 1. The minimum atomic E-state index is 0. The molecule has 0 aliphatic carbocycles. The van der Waals surface area contributed by atoms with Crippen molar-refractivity contribution >= 4 is 12.0 Å². The molecule has 4 heterocycles. The number of ketones is 1. The molecule has 3 aliphatic heterocycles. The molecule has 1 N–H and O–H groups in total. The Morgan fingerprint density at radius 2 is 1.96 bits per heavy atom. The number of pyridine rings is 1. The highest BCUT2D eigenvalue weighted by Crippen LogP contribution is 2.31. The predicted molar refractivity (Wildman–Crippen MR) is 74.6 cm³/mol. The van der Waals surface area contributed by atoms with Crippen molar-refractivity contribution in [3.63, 3.8) is 0 Å². The van der Waals surface area contributed by atoms with Crippen LogP contribution in [0.3, 0.4) is 0 Å². The maximum absolute atomic E-state index is 11.9. The second-order valence-electron chi connectivity index (χ2n) is 6.04. The SMILES string of the molecule is O=C1C[N+]2(COC[n+]3ccc(C=NO)cc3)CCC1CC2.[I-].[I-]. The fraction of sp³-hybridized carbons (Fsp3) is 0.533. The highest BCUT2D eigenvalue weighted by Gasteiger charge is 2.45. The molecular formula is C15H21I2N3O3. The van der Waals surface area contributed by atoms with Crippen LogP contribution in [0.1, 0.15) is 18.4 Å². The Balaban J connectivity index is 0.00000132. The van der Waals surface area contributed by atoms with E-state index in [-0.39, 0.29) is 48.0 Å². The molecule has 0 spiro atoms. The fourth-order valence-corrected chi connectivity index (χ4v) is 3.28. The Bertz CT molecular complexity index is 543. The summed E-state index contributed by atoms with van der Waals surface area (Å²) in [7, 11) is 0. The Kier molecular flexibility index (Phi) is 8.31. The number of nitrogens with zero attached hydrogens (tertiary/aromatic N) is 3. The van der Waals surface area contributed by atoms with Gasteiger partial charge in [-0.15, -0.1) is 0 Å². The van der Waals surface area contributed by atoms with Crippen LogP contribution in [0.25, 0.3) is 0 Å². The molecule has 0 saturated carbocycles. The molecule has 0 unspecified atom stereocenters. The van der Waals surface area contributed by atoms with Gasteiger partial charge in [0, 0.05) is 36.5 Å². The van der Waals surface area contributed by atoms with Crippen LogP contribution in [0.4, 0.5) is 0 Å². The van der Waals surface area contributed by atoms with Gasteiger partial charge in [-0.05, 0) is 0 Å². The molecule has 4 rings (SSSR count). The number of carbonyl (C=O) groups is 1. The number of ether oxygens (including phenoxy) is 1. The van der Waals surface area contributed by atoms with Gasteiger partial charge in [0.1, 0.15) is 6.54 Å². The lowest BCUT2D eigenvalue weighted by Gasteiger charge is -2.47. The number of quaternary nitrogens is 1. The van der Waals surface area contributed by atoms with E-state index in [9.17, 15) is 4.79 Å². The first-order valence-electron chi connectivity index (χ1n) is 7.33. The van der Waals surface area contributed by atoms with Gasteiger partial charge in [-0.1, -0.05) is 5.16 Å². The van der Waals surface area contributed by atoms with Crippen molar-refractivity contribution in [3.8, 4) is 0 Å². The topological polar surface area (TPSA) is 62.8 Å². The average molecular weight is 545 g/mol. The summed E-state index contributed by atoms with van der Waals surface area (Å²) in [5.41, 5.74) is 0.833. The van der Waals surface area contributed by atoms with E-state index >= 15 is 0 Å². The molecule has 6 nitrogen and oxygen atoms in total. The Morgan fingerprint density at radius 1 is 1.30 bits per heavy atom. The standard InChI is InChI=1S/C15H20N3O3.2HI/c19-15-10-18(7-3-14(15)4-8-18)12-21-11-17-5-1-13(2-6-17)9-16-20;;/h1-2,5-6,9,14H,3-4,7-8,10-12H2;2*1H/q+1;;/p-1. The predicted octanol–water partition coefficient (Wildman–Crippen LogP) is -5.47. The zero-order chi connectivity index (χ0) is 14.7. The van der Waals surface area contributed by atoms with Crippen LogP contribution in [-0.2, 0) is 16.3 Å². The van der Waals surface area contributed by atoms with Gasteiger partial charge in [0.2, 0.25) is 0 Å². The van der Waals surface area contributed by atoms with Crippen LogP contribution in [0.15, 0.2) is 29.7 Å². The molecule has 3 aliphatic rings. The summed E-state index contributed by atoms with van der Waals surface area (Å²) >= 11 is 0. The molecule has 0 atom stereocenters. The van der Waals surface area contributed by atoms with E-state index in [0.29, 0.717) is 31.7 Å². The number of halogens is 2. The smallest absolute Gasteiger partial charge is 0.257 e. The minimum absolute atomic E-state index is 0. The van der Waals surface area contributed by atoms with Crippen molar-refractivity contribution in [3.05, 3.63) is 30.1 Å². The first-order valence-corrected chi connectivity index (χ1v) is 7.33. The van der Waals surface area contributed by atoms with Gasteiger partial charge in [-0.25, -0.2) is 0 Å². The molecule has 0 aromatic carbocycles. The van der Waals surface area contributed by atoms with Crippen LogP contribution < -0.4 is 52.5 Å². The van der Waals surface area contributed by atoms with Gasteiger partial charge in [0.05, 0.1) is 19.3 Å². The van der Waals surface area contributed by atoms with Crippen LogP contribution in [0.2, 0.25) is 0 Å². The van der Waals surface area contributed by atoms with E-state index in [1.807, 2.05) is 29.1 Å². The summed E-state index contributed by atoms with van der Waals surface area (Å²) in [5, 5.41) is 11.5. The number of fused-ring (bicyclic) bond motifs is 3. The molecule has 23 heavy (non-hydrogen) atoms. The maximum Gasteiger partial charge on any atom is 0.257 e. The van der Waals surface area contributed by atoms with Crippen molar-refractivity contribution in [1.29, 1.82) is 0 Å². The lowest BCUT2D eigenvalue weighted by molar-refractivity contribution is -0.955. The van der Waals surface area contributed by atoms with Gasteiger partial charge in [-0.2, -0.15) is 4.57 Å². The molecule has 2 bridgehead atoms. The van der Waals surface area contributed by atoms with Crippen LogP contribution >= 0.6 is 0 Å². The quantitative estimate of drug-likeness (QED) is 0.100. The largest absolute Gasteiger partial charge is 1.00 e. The Hall–Kier alpha value is -0.330. The van der Waals surface area contributed by atoms with Crippen LogP contribution in [0.5, 0.6) is 0 Å². The highest BCUT2D eigenvalue weighted by atomic mass is 127. The Morgan fingerprint density at radius 3 is 2.52 bits per heavy atom. The third kappa shape index (κ3) is 5.07. The van der Waals surface area contributed by atoms with Crippen molar-refractivity contribution in [2.45, 2.75) is 19.6 Å². The molecule has 3 fully saturated rings. The number of aromatic nitrogens is 1. The van der Waals surface area contributed by atoms with E-state index in [4.69, 9.17) is 9.94 Å². The molecule has 1 aromatic rings. The first-order chi connectivity index (χ1) is 10.2. The number of hydrogen-bond acceptors (Lipinski definition) is 4. The van der Waals surface area contributed by atoms with Crippen molar-refractivity contribution in [2.24, 2.45) is 11.1 Å². The highest BCUT2D eigenvalue weighted by molar-refractivity contribution is 5.83. The van der Waals surface area contributed by atoms with Gasteiger partial charge in [-0.3, -0.25) is 14.0 Å². The van der Waals surface area contributed by atoms with E-state index in [0.717, 1.165) is 36.0 Å². The molecule has 0 amide bonds. The summed E-state index contributed by atoms with van der Waals surface area (Å²) in [4.78, 5) is 11.9. The number of oxime groups is 1. The van der Waals surface area contributed by atoms with Gasteiger partial charge >= 0.3 is 0 Å². The van der Waals surface area contributed by atoms with Crippen molar-refractivity contribution < 1.29 is 71.7 Å². The second-order valence-corrected chi connectivity index (χ2v) is 6.04. The van der Waals surface area contributed by atoms with Crippen molar-refractivity contribution in [1.82, 2.24) is 0 Å². The molecule has 8 heteroatoms. The Labute approximate surface area is 170 Å². The number of piperidine rings is 3. The third-order valence-electron chi connectivity index (χ3n) is 4.58. The van der Waals surface area contributed by atoms with Gasteiger partial charge in [0.25, 0.3) is 6.73 Å². The first kappa shape index (κ1) is 20.7. The van der Waals surface area contributed by atoms with Gasteiger partial charge in [0.15, 0.2) is 24.9 Å². The summed E-state index contributed by atoms with van der Waals surface area (Å²) in [5.74, 6) is 0.733. The van der Waals surface area contributed by atoms with Crippen molar-refractivity contribution in [2.75, 3.05) is 26.4 Å². The zero-order valence-electron chi connectivity index (χ0n) is 12.8. The molecular weight excluding hydrogens is 524 g/mol. The number of hydrogen-bond donors (Lipinski definition) is 1. The van der Waals surface area contributed by atoms with Gasteiger partial charge < -0.3 is 53.2 Å². The monoisotopic (exact) mass is 545 g/mol. The van der Waals surface area contributed by atoms with E-state index in [2.05, 4.69) is 5.16 Å².